The number of rotatable bonds is 46. The van der Waals surface area contributed by atoms with Gasteiger partial charge in [-0.25, -0.2) is 0 Å². The van der Waals surface area contributed by atoms with Crippen molar-refractivity contribution in [1.82, 2.24) is 58.5 Å². The van der Waals surface area contributed by atoms with Gasteiger partial charge in [0.15, 0.2) is 11.9 Å². The molecule has 12 amide bonds. The number of carbonyl (C=O) groups excluding carboxylic acids is 12. The van der Waals surface area contributed by atoms with Gasteiger partial charge in [0.25, 0.3) is 0 Å². The minimum absolute atomic E-state index is 0.0174. The fraction of sp³-hybridized carbons (Fsp3) is 0.581. The van der Waals surface area contributed by atoms with Crippen LogP contribution in [0.3, 0.4) is 0 Å². The highest BCUT2D eigenvalue weighted by Crippen LogP contribution is 2.16. The van der Waals surface area contributed by atoms with E-state index in [-0.39, 0.29) is 114 Å². The summed E-state index contributed by atoms with van der Waals surface area (Å²) in [6, 6.07) is 1.05. The normalized spacial score (nSPS) is 14.2. The number of hydrogen-bond acceptors (Lipinski definition) is 17. The van der Waals surface area contributed by atoms with Gasteiger partial charge in [-0.3, -0.25) is 68.4 Å². The molecule has 2 rings (SSSR count). The first-order chi connectivity index (χ1) is 44.8. The van der Waals surface area contributed by atoms with Gasteiger partial charge in [0.2, 0.25) is 70.9 Å². The summed E-state index contributed by atoms with van der Waals surface area (Å²) in [6.45, 7) is 8.39. The van der Waals surface area contributed by atoms with Gasteiger partial charge in [-0.05, 0) is 112 Å². The first-order valence-electron chi connectivity index (χ1n) is 31.7. The van der Waals surface area contributed by atoms with E-state index in [9.17, 15) is 67.7 Å². The molecule has 0 radical (unpaired) electrons. The van der Waals surface area contributed by atoms with E-state index in [0.717, 1.165) is 0 Å². The molecule has 0 fully saturated rings. The van der Waals surface area contributed by atoms with Crippen LogP contribution in [0, 0.1) is 28.6 Å². The molecule has 0 aliphatic heterocycles. The molecular weight excluding hydrogens is 1230 g/mol. The van der Waals surface area contributed by atoms with E-state index in [1.165, 1.54) is 24.3 Å². The van der Waals surface area contributed by atoms with Gasteiger partial charge in [0, 0.05) is 44.7 Å². The average Bonchev–Trinajstić information content (AvgIpc) is 1.02. The Morgan fingerprint density at radius 1 is 0.411 bits per heavy atom. The zero-order valence-electron chi connectivity index (χ0n) is 54.8. The number of guanidine groups is 2. The van der Waals surface area contributed by atoms with Crippen molar-refractivity contribution < 1.29 is 67.7 Å². The van der Waals surface area contributed by atoms with Crippen molar-refractivity contribution in [2.75, 3.05) is 26.2 Å². The van der Waals surface area contributed by atoms with Crippen LogP contribution in [0.5, 0.6) is 5.75 Å². The highest BCUT2D eigenvalue weighted by molar-refractivity contribution is 5.99. The second-order valence-electron chi connectivity index (χ2n) is 24.1. The number of nitrogens with two attached hydrogens (primary N) is 6. The van der Waals surface area contributed by atoms with E-state index in [1.807, 2.05) is 0 Å². The Morgan fingerprint density at radius 3 is 1.13 bits per heavy atom. The lowest BCUT2D eigenvalue weighted by Crippen LogP contribution is -2.61. The van der Waals surface area contributed by atoms with E-state index < -0.39 is 157 Å². The molecule has 0 aliphatic rings. The third kappa shape index (κ3) is 33.1. The molecular formula is C62H101N19O14. The molecule has 95 heavy (non-hydrogen) atoms. The number of phenols is 1. The number of aliphatic hydroxyl groups is 1. The molecule has 33 heteroatoms. The molecule has 0 saturated carbocycles. The number of phenolic OH excluding ortho intramolecular Hbond substituents is 1. The van der Waals surface area contributed by atoms with E-state index in [2.05, 4.69) is 58.5 Å². The molecule has 0 aliphatic carbocycles. The number of aromatic hydroxyl groups is 1. The molecule has 0 spiro atoms. The van der Waals surface area contributed by atoms with Crippen molar-refractivity contribution in [3.63, 3.8) is 0 Å². The van der Waals surface area contributed by atoms with Gasteiger partial charge >= 0.3 is 0 Å². The monoisotopic (exact) mass is 1340 g/mol. The molecule has 2 aromatic rings. The predicted molar refractivity (Wildman–Crippen MR) is 352 cm³/mol. The summed E-state index contributed by atoms with van der Waals surface area (Å²) >= 11 is 0. The van der Waals surface area contributed by atoms with Crippen LogP contribution in [-0.4, -0.2) is 174 Å². The SMILES string of the molecule is CC(C)C[C@H](NC(=O)[C@H](CC(C)C)NC(=O)[C@H](CCCCN)NC(=O)[C@H](CCCNC(=N)N)NC(=O)[C@H](Cc1ccc(O)cc1)NC(=O)[C@H](CCC(N)=O)NC(=O)[C@H](CCC(N)=O)NC(=O)[C@@H](C)CCCNC(=N)N)C(=O)N[C@@H](Cc1ccccc1)C(=O)N[C@@H](CO)C(N)=O. The minimum Gasteiger partial charge on any atom is -0.508 e. The topological polar surface area (TPSA) is 581 Å². The molecule has 0 saturated heterocycles. The van der Waals surface area contributed by atoms with Crippen LogP contribution in [0.25, 0.3) is 0 Å². The number of aliphatic hydroxyl groups excluding tert-OH is 1. The van der Waals surface area contributed by atoms with E-state index >= 15 is 0 Å². The second-order valence-corrected chi connectivity index (χ2v) is 24.1. The molecule has 33 nitrogen and oxygen atoms in total. The third-order valence-corrected chi connectivity index (χ3v) is 14.8. The standard InChI is InChI=1S/C62H101N19O14/c1-34(2)29-44(57(92)78-45(30-35(3)4)58(93)80-46(31-37-14-7-6-8-15-37)60(95)81-48(33-82)51(66)86)77-54(89)40(16-9-10-26-63)74-53(88)41(17-12-28-72-62(69)70)75-59(94)47(32-38-18-20-39(83)21-19-38)79-56(91)43(23-25-50(65)85)76-55(90)42(22-24-49(64)84)73-52(87)36(5)13-11-27-71-61(67)68/h6-8,14-15,18-21,34-36,40-48,82-83H,9-13,16-17,22-33,63H2,1-5H3,(H2,64,84)(H2,65,85)(H2,66,86)(H,73,87)(H,74,88)(H,75,94)(H,76,90)(H,77,89)(H,78,92)(H,79,91)(H,80,93)(H,81,95)(H4,67,68,71)(H4,69,70,72)/t36-,40-,41-,42-,43-,44-,45-,46-,47-,48-/m0/s1. The maximum Gasteiger partial charge on any atom is 0.243 e. The Morgan fingerprint density at radius 2 is 0.747 bits per heavy atom. The van der Waals surface area contributed by atoms with Gasteiger partial charge in [0.05, 0.1) is 6.61 Å². The van der Waals surface area contributed by atoms with Crippen LogP contribution in [0.4, 0.5) is 0 Å². The number of unbranched alkanes of at least 4 members (excludes halogenated alkanes) is 1. The highest BCUT2D eigenvalue weighted by atomic mass is 16.3. The molecule has 10 atom stereocenters. The third-order valence-electron chi connectivity index (χ3n) is 14.8. The summed E-state index contributed by atoms with van der Waals surface area (Å²) in [5.74, 6) is -12.5. The molecule has 0 bridgehead atoms. The molecule has 528 valence electrons. The van der Waals surface area contributed by atoms with Crippen LogP contribution in [0.2, 0.25) is 0 Å². The van der Waals surface area contributed by atoms with Gasteiger partial charge < -0.3 is 103 Å². The van der Waals surface area contributed by atoms with Crippen molar-refractivity contribution in [2.24, 2.45) is 52.2 Å². The van der Waals surface area contributed by atoms with Gasteiger partial charge in [-0.15, -0.1) is 0 Å². The summed E-state index contributed by atoms with van der Waals surface area (Å²) in [5, 5.41) is 63.7. The maximum atomic E-state index is 14.8. The Bertz CT molecular complexity index is 2880. The van der Waals surface area contributed by atoms with Crippen molar-refractivity contribution in [3.05, 3.63) is 65.7 Å². The number of nitrogens with one attached hydrogen (secondary N) is 13. The zero-order valence-corrected chi connectivity index (χ0v) is 54.8. The minimum atomic E-state index is -1.63. The zero-order chi connectivity index (χ0) is 71.3. The summed E-state index contributed by atoms with van der Waals surface area (Å²) in [7, 11) is 0. The lowest BCUT2D eigenvalue weighted by Gasteiger charge is -2.29. The van der Waals surface area contributed by atoms with Crippen LogP contribution in [0.1, 0.15) is 129 Å². The first kappa shape index (κ1) is 81.4. The van der Waals surface area contributed by atoms with E-state index in [0.29, 0.717) is 24.0 Å². The van der Waals surface area contributed by atoms with Crippen LogP contribution >= 0.6 is 0 Å². The van der Waals surface area contributed by atoms with E-state index in [4.69, 9.17) is 45.2 Å². The fourth-order valence-corrected chi connectivity index (χ4v) is 9.67. The van der Waals surface area contributed by atoms with Crippen LogP contribution in [0.15, 0.2) is 54.6 Å². The maximum absolute atomic E-state index is 14.8. The lowest BCUT2D eigenvalue weighted by molar-refractivity contribution is -0.136. The Labute approximate surface area is 553 Å². The number of carbonyl (C=O) groups is 12. The number of benzene rings is 2. The average molecular weight is 1340 g/mol. The Kier molecular flexibility index (Phi) is 37.1. The second kappa shape index (κ2) is 43.3. The number of primary amides is 3. The smallest absolute Gasteiger partial charge is 0.243 e. The number of hydrogen-bond donors (Lipinski definition) is 21. The molecule has 0 heterocycles. The molecule has 0 unspecified atom stereocenters. The van der Waals surface area contributed by atoms with Gasteiger partial charge in [-0.1, -0.05) is 77.1 Å². The van der Waals surface area contributed by atoms with E-state index in [1.54, 1.807) is 65.0 Å². The van der Waals surface area contributed by atoms with Crippen molar-refractivity contribution in [2.45, 2.75) is 185 Å². The Hall–Kier alpha value is -9.66. The molecule has 27 N–H and O–H groups in total. The summed E-state index contributed by atoms with van der Waals surface area (Å²) in [6.07, 6.45) is -0.734. The van der Waals surface area contributed by atoms with Crippen LogP contribution in [-0.2, 0) is 70.4 Å². The van der Waals surface area contributed by atoms with Crippen molar-refractivity contribution >= 4 is 82.8 Å². The van der Waals surface area contributed by atoms with Gasteiger partial charge in [0.1, 0.15) is 60.1 Å². The largest absolute Gasteiger partial charge is 0.508 e. The number of amides is 12. The van der Waals surface area contributed by atoms with Crippen molar-refractivity contribution in [1.29, 1.82) is 10.8 Å². The van der Waals surface area contributed by atoms with Crippen LogP contribution < -0.4 is 92.9 Å². The van der Waals surface area contributed by atoms with Crippen molar-refractivity contribution in [3.8, 4) is 5.75 Å². The fourth-order valence-electron chi connectivity index (χ4n) is 9.67. The highest BCUT2D eigenvalue weighted by Gasteiger charge is 2.36. The summed E-state index contributed by atoms with van der Waals surface area (Å²) in [5.41, 5.74) is 34.0. The lowest BCUT2D eigenvalue weighted by atomic mass is 9.98. The Balaban J connectivity index is 2.61. The molecule has 0 aromatic heterocycles. The van der Waals surface area contributed by atoms with Gasteiger partial charge in [-0.2, -0.15) is 0 Å². The summed E-state index contributed by atoms with van der Waals surface area (Å²) < 4.78 is 0. The predicted octanol–water partition coefficient (Wildman–Crippen LogP) is -4.07. The molecule has 2 aromatic carbocycles. The quantitative estimate of drug-likeness (QED) is 0.0170. The summed E-state index contributed by atoms with van der Waals surface area (Å²) in [4.78, 5) is 164. The first-order valence-corrected chi connectivity index (χ1v) is 31.7.